The van der Waals surface area contributed by atoms with Crippen LogP contribution < -0.4 is 37.7 Å². The smallest absolute Gasteiger partial charge is 0.567 e. The van der Waals surface area contributed by atoms with Crippen LogP contribution >= 0.6 is 0 Å². The fourth-order valence-electron chi connectivity index (χ4n) is 1.75. The molecule has 0 aliphatic carbocycles. The van der Waals surface area contributed by atoms with E-state index in [1.807, 2.05) is 60.7 Å². The molecular formula is C14H13Li2NO2S. The molecule has 0 unspecified atom stereocenters. The minimum absolute atomic E-state index is 0. The first-order valence-electron chi connectivity index (χ1n) is 5.46. The van der Waals surface area contributed by atoms with Crippen LogP contribution in [0, 0.1) is 6.26 Å². The van der Waals surface area contributed by atoms with Gasteiger partial charge in [0.15, 0.2) is 0 Å². The third kappa shape index (κ3) is 5.89. The molecule has 0 spiro atoms. The molecule has 2 rings (SSSR count). The normalized spacial score (nSPS) is 10.5. The first-order chi connectivity index (χ1) is 8.56. The first kappa shape index (κ1) is 19.5. The summed E-state index contributed by atoms with van der Waals surface area (Å²) in [5.41, 5.74) is 1.66. The second kappa shape index (κ2) is 8.75. The van der Waals surface area contributed by atoms with Crippen LogP contribution in [0.3, 0.4) is 0 Å². The van der Waals surface area contributed by atoms with E-state index in [2.05, 4.69) is 11.0 Å². The maximum atomic E-state index is 11.3. The van der Waals surface area contributed by atoms with Crippen LogP contribution in [0.1, 0.15) is 17.2 Å². The van der Waals surface area contributed by atoms with Crippen molar-refractivity contribution in [3.8, 4) is 0 Å². The summed E-state index contributed by atoms with van der Waals surface area (Å²) in [7, 11) is -3.64. The topological polar surface area (TPSA) is 48.2 Å². The van der Waals surface area contributed by atoms with Crippen LogP contribution in [0.25, 0.3) is 4.72 Å². The van der Waals surface area contributed by atoms with Crippen molar-refractivity contribution in [3.63, 3.8) is 0 Å². The molecule has 0 saturated heterocycles. The fourth-order valence-corrected chi connectivity index (χ4v) is 2.31. The fraction of sp³-hybridized carbons (Fsp3) is 0.0714. The molecule has 0 atom stereocenters. The van der Waals surface area contributed by atoms with E-state index in [0.29, 0.717) is 0 Å². The van der Waals surface area contributed by atoms with Gasteiger partial charge in [-0.15, -0.1) is 0 Å². The molecule has 3 nitrogen and oxygen atoms in total. The van der Waals surface area contributed by atoms with Gasteiger partial charge in [0.1, 0.15) is 0 Å². The Hall–Kier alpha value is -0.455. The van der Waals surface area contributed by atoms with Gasteiger partial charge in [0, 0.05) is 0 Å². The Bertz CT molecular complexity index is 564. The molecule has 94 valence electrons. The summed E-state index contributed by atoms with van der Waals surface area (Å²) in [5, 5.41) is 0. The number of sulfonamides is 1. The zero-order valence-corrected chi connectivity index (χ0v) is 12.5. The number of hydrogen-bond acceptors (Lipinski definition) is 2. The van der Waals surface area contributed by atoms with Crippen molar-refractivity contribution >= 4 is 10.0 Å². The van der Waals surface area contributed by atoms with E-state index < -0.39 is 16.1 Å². The molecule has 0 aromatic heterocycles. The van der Waals surface area contributed by atoms with Gasteiger partial charge < -0.3 is 4.72 Å². The van der Waals surface area contributed by atoms with E-state index in [4.69, 9.17) is 0 Å². The Kier molecular flexibility index (Phi) is 8.55. The van der Waals surface area contributed by atoms with Gasteiger partial charge in [-0.25, -0.2) is 6.26 Å². The van der Waals surface area contributed by atoms with Crippen LogP contribution in [-0.2, 0) is 10.0 Å². The quantitative estimate of drug-likeness (QED) is 0.449. The molecule has 20 heavy (non-hydrogen) atoms. The minimum Gasteiger partial charge on any atom is -0.567 e. The second-order valence-corrected chi connectivity index (χ2v) is 5.29. The molecule has 2 aromatic carbocycles. The number of hydrogen-bond donors (Lipinski definition) is 0. The third-order valence-electron chi connectivity index (χ3n) is 2.50. The molecule has 0 N–H and O–H groups in total. The molecular weight excluding hydrogens is 260 g/mol. The van der Waals surface area contributed by atoms with Gasteiger partial charge in [-0.2, -0.15) is 0 Å². The van der Waals surface area contributed by atoms with E-state index in [1.54, 1.807) is 0 Å². The molecule has 0 amide bonds. The van der Waals surface area contributed by atoms with Gasteiger partial charge in [0.2, 0.25) is 0 Å². The van der Waals surface area contributed by atoms with E-state index in [1.165, 1.54) is 0 Å². The summed E-state index contributed by atoms with van der Waals surface area (Å²) in [6.07, 6.45) is 3.07. The molecule has 0 heterocycles. The Balaban J connectivity index is 0.00000180. The second-order valence-electron chi connectivity index (χ2n) is 3.91. The Morgan fingerprint density at radius 1 is 0.800 bits per heavy atom. The SMILES string of the molecule is [CH2-]S(=O)(=O)[N-]C(c1ccccc1)c1ccccc1.[Li+].[Li+]. The van der Waals surface area contributed by atoms with Crippen molar-refractivity contribution in [2.24, 2.45) is 0 Å². The molecule has 6 heteroatoms. The zero-order chi connectivity index (χ0) is 13.0. The number of nitrogens with zero attached hydrogens (tertiary/aromatic N) is 1. The van der Waals surface area contributed by atoms with Crippen molar-refractivity contribution in [2.75, 3.05) is 0 Å². The molecule has 0 aliphatic heterocycles. The Morgan fingerprint density at radius 2 is 1.15 bits per heavy atom. The monoisotopic (exact) mass is 273 g/mol. The molecule has 0 fully saturated rings. The Labute approximate surface area is 144 Å². The maximum absolute atomic E-state index is 11.3. The number of benzene rings is 2. The predicted molar refractivity (Wildman–Crippen MR) is 72.4 cm³/mol. The molecule has 0 aliphatic rings. The minimum atomic E-state index is -3.64. The summed E-state index contributed by atoms with van der Waals surface area (Å²) >= 11 is 0. The van der Waals surface area contributed by atoms with E-state index in [-0.39, 0.29) is 37.7 Å². The number of rotatable bonds is 4. The van der Waals surface area contributed by atoms with E-state index in [0.717, 1.165) is 11.1 Å². The molecule has 2 aromatic rings. The van der Waals surface area contributed by atoms with Gasteiger partial charge in [0.25, 0.3) is 0 Å². The zero-order valence-electron chi connectivity index (χ0n) is 11.7. The van der Waals surface area contributed by atoms with Crippen LogP contribution in [0.4, 0.5) is 0 Å². The van der Waals surface area contributed by atoms with E-state index in [9.17, 15) is 8.42 Å². The largest absolute Gasteiger partial charge is 1.00 e. The molecule has 0 saturated carbocycles. The van der Waals surface area contributed by atoms with Gasteiger partial charge in [0.05, 0.1) is 0 Å². The maximum Gasteiger partial charge on any atom is 1.00 e. The van der Waals surface area contributed by atoms with Gasteiger partial charge in [-0.3, -0.25) is 8.42 Å². The standard InChI is InChI=1S/C14H13NO2S.2Li/c1-18(16,17)15-14(12-8-4-2-5-9-12)13-10-6-3-7-11-13;;/h2-11,14H,1H2;;/q-2;2*+1. The van der Waals surface area contributed by atoms with Crippen molar-refractivity contribution in [2.45, 2.75) is 6.04 Å². The van der Waals surface area contributed by atoms with Gasteiger partial charge in [-0.1, -0.05) is 87.9 Å². The summed E-state index contributed by atoms with van der Waals surface area (Å²) in [6.45, 7) is 0. The van der Waals surface area contributed by atoms with Crippen LogP contribution in [0.2, 0.25) is 0 Å². The summed E-state index contributed by atoms with van der Waals surface area (Å²) < 4.78 is 26.4. The molecule has 0 radical (unpaired) electrons. The van der Waals surface area contributed by atoms with Crippen molar-refractivity contribution in [1.29, 1.82) is 0 Å². The summed E-state index contributed by atoms with van der Waals surface area (Å²) in [5.74, 6) is 0. The third-order valence-corrected chi connectivity index (χ3v) is 3.03. The summed E-state index contributed by atoms with van der Waals surface area (Å²) in [6, 6.07) is 18.1. The average molecular weight is 273 g/mol. The van der Waals surface area contributed by atoms with E-state index >= 15 is 0 Å². The van der Waals surface area contributed by atoms with Crippen LogP contribution in [0.15, 0.2) is 60.7 Å². The van der Waals surface area contributed by atoms with Crippen molar-refractivity contribution < 1.29 is 46.1 Å². The van der Waals surface area contributed by atoms with Crippen LogP contribution in [0.5, 0.6) is 0 Å². The Morgan fingerprint density at radius 3 is 1.45 bits per heavy atom. The first-order valence-corrected chi connectivity index (χ1v) is 7.07. The summed E-state index contributed by atoms with van der Waals surface area (Å²) in [4.78, 5) is 0. The predicted octanol–water partition coefficient (Wildman–Crippen LogP) is -2.72. The van der Waals surface area contributed by atoms with Crippen LogP contribution in [-0.4, -0.2) is 8.42 Å². The van der Waals surface area contributed by atoms with Gasteiger partial charge in [-0.05, 0) is 0 Å². The average Bonchev–Trinajstić information content (AvgIpc) is 2.37. The van der Waals surface area contributed by atoms with Gasteiger partial charge >= 0.3 is 37.7 Å². The molecule has 0 bridgehead atoms. The van der Waals surface area contributed by atoms with Crippen molar-refractivity contribution in [1.82, 2.24) is 0 Å². The van der Waals surface area contributed by atoms with Crippen molar-refractivity contribution in [3.05, 3.63) is 82.8 Å².